The molecule has 0 spiro atoms. The molecule has 1 aromatic heterocycles. The molecule has 0 saturated heterocycles. The highest BCUT2D eigenvalue weighted by molar-refractivity contribution is 14.1. The Morgan fingerprint density at radius 2 is 1.46 bits per heavy atom. The fourth-order valence-corrected chi connectivity index (χ4v) is 12.5. The first-order chi connectivity index (χ1) is 12.7. The summed E-state index contributed by atoms with van der Waals surface area (Å²) in [5, 5.41) is 0. The number of rotatable bonds is 6. The van der Waals surface area contributed by atoms with Crippen LogP contribution in [-0.4, -0.2) is 16.1 Å². The largest absolute Gasteiger partial charge is 0.146 e. The van der Waals surface area contributed by atoms with Crippen molar-refractivity contribution in [1.29, 1.82) is 0 Å². The van der Waals surface area contributed by atoms with Gasteiger partial charge in [0, 0.05) is 8.46 Å². The van der Waals surface area contributed by atoms with E-state index in [2.05, 4.69) is 143 Å². The Kier molecular flexibility index (Phi) is 10.3. The van der Waals surface area contributed by atoms with Crippen molar-refractivity contribution in [3.05, 3.63) is 36.7 Å². The average molecular weight is 655 g/mol. The van der Waals surface area contributed by atoms with Gasteiger partial charge in [-0.25, -0.2) is 0 Å². The first-order valence-electron chi connectivity index (χ1n) is 10.1. The second kappa shape index (κ2) is 10.8. The molecule has 0 saturated carbocycles. The molecule has 0 atom stereocenters. The minimum atomic E-state index is -1.67. The third-order valence-corrected chi connectivity index (χ3v) is 21.5. The molecule has 0 radical (unpaired) electrons. The molecular formula is C23H36I2SSi2. The maximum Gasteiger partial charge on any atom is 0.146 e. The van der Waals surface area contributed by atoms with Gasteiger partial charge in [-0.3, -0.25) is 0 Å². The van der Waals surface area contributed by atoms with Gasteiger partial charge in [-0.1, -0.05) is 89.7 Å². The maximum absolute atomic E-state index is 3.85. The van der Waals surface area contributed by atoms with Gasteiger partial charge < -0.3 is 0 Å². The molecule has 0 aliphatic rings. The van der Waals surface area contributed by atoms with Gasteiger partial charge in [0.1, 0.15) is 8.07 Å². The summed E-state index contributed by atoms with van der Waals surface area (Å²) in [5.74, 6) is 3.60. The van der Waals surface area contributed by atoms with Gasteiger partial charge in [-0.15, -0.1) is 16.9 Å². The molecular weight excluding hydrogens is 618 g/mol. The summed E-state index contributed by atoms with van der Waals surface area (Å²) >= 11 is 6.87. The van der Waals surface area contributed by atoms with Crippen LogP contribution in [0, 0.1) is 11.5 Å². The fraction of sp³-hybridized carbons (Fsp3) is 0.565. The topological polar surface area (TPSA) is 0 Å². The van der Waals surface area contributed by atoms with Crippen LogP contribution in [0.5, 0.6) is 0 Å². The summed E-state index contributed by atoms with van der Waals surface area (Å²) in [7, 11) is -2.91. The van der Waals surface area contributed by atoms with E-state index in [1.807, 2.05) is 11.3 Å². The fourth-order valence-electron chi connectivity index (χ4n) is 4.05. The standard InChI is InChI=1S/C23H36I2SSi2/c1-16(2)28(17(3)4,18(5)6)14-13-20-11-12-22(26-20)21(24)15-19(7)23(25)27(8,9)10/h11-12,15-18H,1-10H3/b21-15-,23-19+. The van der Waals surface area contributed by atoms with Crippen molar-refractivity contribution in [3.63, 3.8) is 0 Å². The predicted octanol–water partition coefficient (Wildman–Crippen LogP) is 9.68. The predicted molar refractivity (Wildman–Crippen MR) is 154 cm³/mol. The Morgan fingerprint density at radius 1 is 0.964 bits per heavy atom. The van der Waals surface area contributed by atoms with E-state index in [0.717, 1.165) is 0 Å². The molecule has 1 aromatic rings. The molecule has 0 N–H and O–H groups in total. The Morgan fingerprint density at radius 3 is 1.89 bits per heavy atom. The van der Waals surface area contributed by atoms with Crippen LogP contribution in [-0.2, 0) is 0 Å². The van der Waals surface area contributed by atoms with Crippen LogP contribution < -0.4 is 0 Å². The van der Waals surface area contributed by atoms with Gasteiger partial charge in [-0.2, -0.15) is 0 Å². The summed E-state index contributed by atoms with van der Waals surface area (Å²) in [6, 6.07) is 4.45. The number of hydrogen-bond acceptors (Lipinski definition) is 1. The van der Waals surface area contributed by atoms with Crippen LogP contribution in [0.1, 0.15) is 58.2 Å². The third-order valence-electron chi connectivity index (χ3n) is 5.46. The van der Waals surface area contributed by atoms with Crippen molar-refractivity contribution < 1.29 is 0 Å². The zero-order valence-electron chi connectivity index (χ0n) is 19.1. The highest BCUT2D eigenvalue weighted by Gasteiger charge is 2.41. The smallest absolute Gasteiger partial charge is 0.126 e. The van der Waals surface area contributed by atoms with E-state index < -0.39 is 16.1 Å². The van der Waals surface area contributed by atoms with Crippen LogP contribution in [0.2, 0.25) is 36.3 Å². The zero-order chi connectivity index (χ0) is 21.9. The monoisotopic (exact) mass is 654 g/mol. The molecule has 28 heavy (non-hydrogen) atoms. The second-order valence-corrected chi connectivity index (χ2v) is 24.5. The van der Waals surface area contributed by atoms with Crippen molar-refractivity contribution >= 4 is 76.2 Å². The Labute approximate surface area is 207 Å². The Hall–Kier alpha value is 0.634. The van der Waals surface area contributed by atoms with E-state index in [1.165, 1.54) is 18.9 Å². The molecule has 1 heterocycles. The van der Waals surface area contributed by atoms with Crippen LogP contribution >= 0.6 is 56.5 Å². The lowest BCUT2D eigenvalue weighted by Crippen LogP contribution is -2.43. The number of halogens is 2. The van der Waals surface area contributed by atoms with Crippen LogP contribution in [0.15, 0.2) is 27.0 Å². The number of hydrogen-bond donors (Lipinski definition) is 0. The molecule has 0 amide bonds. The quantitative estimate of drug-likeness (QED) is 0.124. The van der Waals surface area contributed by atoms with Crippen molar-refractivity contribution in [1.82, 2.24) is 0 Å². The first-order valence-corrected chi connectivity index (χ1v) is 18.8. The molecule has 0 aliphatic carbocycles. The van der Waals surface area contributed by atoms with E-state index in [0.29, 0.717) is 16.6 Å². The van der Waals surface area contributed by atoms with Gasteiger partial charge in [0.25, 0.3) is 0 Å². The maximum atomic E-state index is 3.85. The van der Waals surface area contributed by atoms with Crippen molar-refractivity contribution in [2.24, 2.45) is 0 Å². The molecule has 1 rings (SSSR count). The van der Waals surface area contributed by atoms with Gasteiger partial charge in [0.2, 0.25) is 0 Å². The summed E-state index contributed by atoms with van der Waals surface area (Å²) in [6.45, 7) is 23.7. The van der Waals surface area contributed by atoms with Crippen LogP contribution in [0.4, 0.5) is 0 Å². The zero-order valence-corrected chi connectivity index (χ0v) is 26.3. The van der Waals surface area contributed by atoms with Gasteiger partial charge in [-0.05, 0) is 73.1 Å². The lowest BCUT2D eigenvalue weighted by Gasteiger charge is -2.38. The summed E-state index contributed by atoms with van der Waals surface area (Å²) in [4.78, 5) is 2.54. The highest BCUT2D eigenvalue weighted by Crippen LogP contribution is 2.41. The van der Waals surface area contributed by atoms with Crippen LogP contribution in [0.25, 0.3) is 3.58 Å². The summed E-state index contributed by atoms with van der Waals surface area (Å²) in [5.41, 5.74) is 7.29. The molecule has 0 nitrogen and oxygen atoms in total. The van der Waals surface area contributed by atoms with Gasteiger partial charge in [0.15, 0.2) is 0 Å². The Balaban J connectivity index is 3.25. The van der Waals surface area contributed by atoms with Crippen LogP contribution in [0.3, 0.4) is 0 Å². The van der Waals surface area contributed by atoms with E-state index in [-0.39, 0.29) is 0 Å². The molecule has 5 heteroatoms. The third kappa shape index (κ3) is 6.56. The van der Waals surface area contributed by atoms with Gasteiger partial charge >= 0.3 is 0 Å². The molecule has 0 bridgehead atoms. The van der Waals surface area contributed by atoms with Crippen molar-refractivity contribution in [2.75, 3.05) is 0 Å². The molecule has 0 unspecified atom stereocenters. The second-order valence-electron chi connectivity index (χ2n) is 9.55. The SMILES string of the molecule is CC(/C=C(\I)c1ccc(C#C[Si](C(C)C)(C(C)C)C(C)C)s1)=C(/I)[Si](C)(C)C. The van der Waals surface area contributed by atoms with Crippen molar-refractivity contribution in [3.8, 4) is 11.5 Å². The van der Waals surface area contributed by atoms with E-state index in [1.54, 1.807) is 3.20 Å². The van der Waals surface area contributed by atoms with E-state index in [4.69, 9.17) is 0 Å². The number of thiophene rings is 1. The molecule has 0 fully saturated rings. The number of allylic oxidation sites excluding steroid dienone is 2. The minimum absolute atomic E-state index is 0.677. The Bertz CT molecular complexity index is 775. The minimum Gasteiger partial charge on any atom is -0.126 e. The van der Waals surface area contributed by atoms with Crippen molar-refractivity contribution in [2.45, 2.75) is 84.7 Å². The normalized spacial score (nSPS) is 14.5. The van der Waals surface area contributed by atoms with E-state index in [9.17, 15) is 0 Å². The molecule has 156 valence electrons. The van der Waals surface area contributed by atoms with E-state index >= 15 is 0 Å². The lowest BCUT2D eigenvalue weighted by atomic mass is 10.3. The lowest BCUT2D eigenvalue weighted by molar-refractivity contribution is 0.838. The first kappa shape index (κ1) is 26.7. The highest BCUT2D eigenvalue weighted by atomic mass is 127. The molecule has 0 aliphatic heterocycles. The molecule has 0 aromatic carbocycles. The summed E-state index contributed by atoms with van der Waals surface area (Å²) < 4.78 is 2.87. The average Bonchev–Trinajstić information content (AvgIpc) is 3.01. The van der Waals surface area contributed by atoms with Gasteiger partial charge in [0.05, 0.1) is 13.0 Å². The summed E-state index contributed by atoms with van der Waals surface area (Å²) in [6.07, 6.45) is 2.35.